The third-order valence-electron chi connectivity index (χ3n) is 2.65. The van der Waals surface area contributed by atoms with Gasteiger partial charge in [-0.3, -0.25) is 0 Å². The van der Waals surface area contributed by atoms with E-state index in [9.17, 15) is 0 Å². The number of hydrogen-bond acceptors (Lipinski definition) is 1. The smallest absolute Gasteiger partial charge is 0.00277 e. The quantitative estimate of drug-likeness (QED) is 0.670. The molecule has 0 aromatic heterocycles. The molecular weight excluding hydrogens is 194 g/mol. The van der Waals surface area contributed by atoms with Gasteiger partial charge in [-0.1, -0.05) is 46.8 Å². The highest BCUT2D eigenvalue weighted by Crippen LogP contribution is 2.48. The van der Waals surface area contributed by atoms with Crippen LogP contribution in [0.3, 0.4) is 0 Å². The molecule has 0 heterocycles. The van der Waals surface area contributed by atoms with Crippen LogP contribution in [0, 0.1) is 5.41 Å². The van der Waals surface area contributed by atoms with Crippen LogP contribution in [0.5, 0.6) is 0 Å². The maximum absolute atomic E-state index is 3.57. The highest BCUT2D eigenvalue weighted by Gasteiger charge is 2.35. The molecule has 0 aromatic rings. The van der Waals surface area contributed by atoms with Gasteiger partial charge in [0.15, 0.2) is 0 Å². The molecule has 0 amide bonds. The molecule has 1 aliphatic carbocycles. The summed E-state index contributed by atoms with van der Waals surface area (Å²) in [6.45, 7) is 14.2. The lowest BCUT2D eigenvalue weighted by Crippen LogP contribution is -1.92. The lowest BCUT2D eigenvalue weighted by atomic mass is 10.0. The van der Waals surface area contributed by atoms with E-state index in [1.165, 1.54) is 25.7 Å². The summed E-state index contributed by atoms with van der Waals surface area (Å²) >= 11 is 0. The first kappa shape index (κ1) is 17.7. The van der Waals surface area contributed by atoms with Crippen LogP contribution >= 0.6 is 0 Å². The minimum atomic E-state index is 0.800. The monoisotopic (exact) mass is 225 g/mol. The zero-order chi connectivity index (χ0) is 13.0. The van der Waals surface area contributed by atoms with Crippen molar-refractivity contribution in [2.45, 2.75) is 60.3 Å². The average molecular weight is 225 g/mol. The number of nitrogens with one attached hydrogen (secondary N) is 1. The SMILES string of the molecule is C=C/C(C)=C\NC.CC.CCCC1(C)CC1. The van der Waals surface area contributed by atoms with Crippen molar-refractivity contribution < 1.29 is 0 Å². The summed E-state index contributed by atoms with van der Waals surface area (Å²) < 4.78 is 0. The molecule has 0 atom stereocenters. The summed E-state index contributed by atoms with van der Waals surface area (Å²) in [4.78, 5) is 0. The summed E-state index contributed by atoms with van der Waals surface area (Å²) in [6.07, 6.45) is 9.49. The van der Waals surface area contributed by atoms with Gasteiger partial charge in [-0.05, 0) is 43.4 Å². The van der Waals surface area contributed by atoms with Gasteiger partial charge >= 0.3 is 0 Å². The van der Waals surface area contributed by atoms with Gasteiger partial charge in [0.2, 0.25) is 0 Å². The van der Waals surface area contributed by atoms with Gasteiger partial charge in [-0.15, -0.1) is 0 Å². The minimum absolute atomic E-state index is 0.800. The molecule has 0 saturated heterocycles. The van der Waals surface area contributed by atoms with Gasteiger partial charge < -0.3 is 5.32 Å². The second-order valence-corrected chi connectivity index (χ2v) is 4.44. The second-order valence-electron chi connectivity index (χ2n) is 4.44. The Morgan fingerprint density at radius 3 is 2.00 bits per heavy atom. The zero-order valence-electron chi connectivity index (χ0n) is 12.2. The lowest BCUT2D eigenvalue weighted by molar-refractivity contribution is 0.510. The molecule has 1 N–H and O–H groups in total. The summed E-state index contributed by atoms with van der Waals surface area (Å²) in [7, 11) is 1.87. The fraction of sp³-hybridized carbons (Fsp3) is 0.733. The van der Waals surface area contributed by atoms with Crippen LogP contribution in [0.1, 0.15) is 60.3 Å². The summed E-state index contributed by atoms with van der Waals surface area (Å²) in [5.74, 6) is 0. The van der Waals surface area contributed by atoms with Crippen LogP contribution in [0.4, 0.5) is 0 Å². The molecule has 0 aromatic carbocycles. The maximum atomic E-state index is 3.57. The van der Waals surface area contributed by atoms with E-state index in [1.807, 2.05) is 34.0 Å². The van der Waals surface area contributed by atoms with Crippen molar-refractivity contribution in [2.75, 3.05) is 7.05 Å². The Labute approximate surface area is 103 Å². The van der Waals surface area contributed by atoms with E-state index in [2.05, 4.69) is 25.7 Å². The van der Waals surface area contributed by atoms with Crippen molar-refractivity contribution in [1.29, 1.82) is 0 Å². The van der Waals surface area contributed by atoms with Gasteiger partial charge in [0.25, 0.3) is 0 Å². The van der Waals surface area contributed by atoms with Crippen LogP contribution in [-0.4, -0.2) is 7.05 Å². The van der Waals surface area contributed by atoms with E-state index in [-0.39, 0.29) is 0 Å². The van der Waals surface area contributed by atoms with E-state index in [0.717, 1.165) is 11.0 Å². The average Bonchev–Trinajstić information content (AvgIpc) is 3.01. The normalized spacial score (nSPS) is 16.0. The Morgan fingerprint density at radius 2 is 1.88 bits per heavy atom. The zero-order valence-corrected chi connectivity index (χ0v) is 12.2. The van der Waals surface area contributed by atoms with Gasteiger partial charge in [0, 0.05) is 7.05 Å². The van der Waals surface area contributed by atoms with Crippen LogP contribution in [0.2, 0.25) is 0 Å². The van der Waals surface area contributed by atoms with Crippen molar-refractivity contribution in [3.05, 3.63) is 24.4 Å². The molecule has 16 heavy (non-hydrogen) atoms. The van der Waals surface area contributed by atoms with E-state index in [4.69, 9.17) is 0 Å². The summed E-state index contributed by atoms with van der Waals surface area (Å²) in [5, 5.41) is 2.89. The first-order chi connectivity index (χ1) is 7.58. The van der Waals surface area contributed by atoms with E-state index < -0.39 is 0 Å². The highest BCUT2D eigenvalue weighted by molar-refractivity contribution is 5.10. The second kappa shape index (κ2) is 10.8. The van der Waals surface area contributed by atoms with Crippen molar-refractivity contribution in [1.82, 2.24) is 5.32 Å². The molecule has 0 aliphatic heterocycles. The highest BCUT2D eigenvalue weighted by atomic mass is 14.8. The molecule has 1 aliphatic rings. The first-order valence-electron chi connectivity index (χ1n) is 6.54. The molecule has 0 spiro atoms. The molecular formula is C15H31N. The van der Waals surface area contributed by atoms with Crippen molar-refractivity contribution >= 4 is 0 Å². The summed E-state index contributed by atoms with van der Waals surface area (Å²) in [5.41, 5.74) is 1.96. The van der Waals surface area contributed by atoms with Crippen molar-refractivity contribution in [2.24, 2.45) is 5.41 Å². The van der Waals surface area contributed by atoms with Crippen molar-refractivity contribution in [3.8, 4) is 0 Å². The molecule has 1 rings (SSSR count). The Hall–Kier alpha value is -0.720. The molecule has 96 valence electrons. The van der Waals surface area contributed by atoms with E-state index in [0.29, 0.717) is 0 Å². The molecule has 1 saturated carbocycles. The summed E-state index contributed by atoms with van der Waals surface area (Å²) in [6, 6.07) is 0. The topological polar surface area (TPSA) is 12.0 Å². The maximum Gasteiger partial charge on any atom is 0.00277 e. The predicted octanol–water partition coefficient (Wildman–Crippen LogP) is 4.91. The fourth-order valence-corrected chi connectivity index (χ4v) is 1.35. The Morgan fingerprint density at radius 1 is 1.38 bits per heavy atom. The third-order valence-corrected chi connectivity index (χ3v) is 2.65. The fourth-order valence-electron chi connectivity index (χ4n) is 1.35. The van der Waals surface area contributed by atoms with E-state index >= 15 is 0 Å². The molecule has 0 unspecified atom stereocenters. The van der Waals surface area contributed by atoms with Gasteiger partial charge in [-0.2, -0.15) is 0 Å². The van der Waals surface area contributed by atoms with Gasteiger partial charge in [-0.25, -0.2) is 0 Å². The molecule has 1 heteroatoms. The van der Waals surface area contributed by atoms with Crippen molar-refractivity contribution in [3.63, 3.8) is 0 Å². The Kier molecular flexibility index (Phi) is 11.9. The number of allylic oxidation sites excluding steroid dienone is 2. The van der Waals surface area contributed by atoms with Crippen LogP contribution in [-0.2, 0) is 0 Å². The molecule has 0 bridgehead atoms. The van der Waals surface area contributed by atoms with Gasteiger partial charge in [0.05, 0.1) is 0 Å². The van der Waals surface area contributed by atoms with Crippen LogP contribution in [0.25, 0.3) is 0 Å². The number of hydrogen-bond donors (Lipinski definition) is 1. The lowest BCUT2D eigenvalue weighted by Gasteiger charge is -2.01. The standard InChI is InChI=1S/C7H14.C6H11N.C2H6/c1-3-4-7(2)5-6-7;1-4-6(2)5-7-3;1-2/h3-6H2,1-2H3;4-5,7H,1H2,2-3H3;1-2H3/b;6-5-;. The minimum Gasteiger partial charge on any atom is -0.394 e. The molecule has 1 fully saturated rings. The van der Waals surface area contributed by atoms with E-state index in [1.54, 1.807) is 6.08 Å². The Bertz CT molecular complexity index is 188. The Balaban J connectivity index is 0. The molecule has 0 radical (unpaired) electrons. The predicted molar refractivity (Wildman–Crippen MR) is 76.6 cm³/mol. The van der Waals surface area contributed by atoms with Crippen LogP contribution < -0.4 is 5.32 Å². The largest absolute Gasteiger partial charge is 0.394 e. The third kappa shape index (κ3) is 11.4. The molecule has 1 nitrogen and oxygen atoms in total. The van der Waals surface area contributed by atoms with Crippen LogP contribution in [0.15, 0.2) is 24.4 Å². The first-order valence-corrected chi connectivity index (χ1v) is 6.54. The number of rotatable bonds is 4. The van der Waals surface area contributed by atoms with Gasteiger partial charge in [0.1, 0.15) is 0 Å².